The van der Waals surface area contributed by atoms with Gasteiger partial charge in [0.05, 0.1) is 28.1 Å². The maximum absolute atomic E-state index is 12.9. The summed E-state index contributed by atoms with van der Waals surface area (Å²) in [5.74, 6) is 0.313. The van der Waals surface area contributed by atoms with Gasteiger partial charge in [-0.1, -0.05) is 67.4 Å². The fourth-order valence-electron chi connectivity index (χ4n) is 4.08. The van der Waals surface area contributed by atoms with Crippen LogP contribution in [0, 0.1) is 11.3 Å². The van der Waals surface area contributed by atoms with Crippen molar-refractivity contribution in [3.8, 4) is 29.1 Å². The van der Waals surface area contributed by atoms with E-state index in [0.717, 1.165) is 18.4 Å². The number of esters is 1. The Morgan fingerprint density at radius 3 is 2.59 bits per heavy atom. The highest BCUT2D eigenvalue weighted by Crippen LogP contribution is 2.44. The predicted octanol–water partition coefficient (Wildman–Crippen LogP) is 7.17. The second-order valence-corrected chi connectivity index (χ2v) is 9.47. The van der Waals surface area contributed by atoms with Gasteiger partial charge in [-0.3, -0.25) is 0 Å². The summed E-state index contributed by atoms with van der Waals surface area (Å²) in [4.78, 5) is 12.9. The first-order chi connectivity index (χ1) is 18.9. The molecule has 0 bridgehead atoms. The third kappa shape index (κ3) is 6.31. The number of allylic oxidation sites excluding steroid dienone is 1. The molecule has 0 radical (unpaired) electrons. The Kier molecular flexibility index (Phi) is 9.03. The van der Waals surface area contributed by atoms with E-state index in [4.69, 9.17) is 47.9 Å². The van der Waals surface area contributed by atoms with Gasteiger partial charge in [-0.25, -0.2) is 4.79 Å². The highest BCUT2D eigenvalue weighted by atomic mass is 35.5. The number of hydrogen-bond acceptors (Lipinski definition) is 7. The molecule has 0 fully saturated rings. The minimum Gasteiger partial charge on any atom is -0.490 e. The molecule has 0 aliphatic carbocycles. The van der Waals surface area contributed by atoms with E-state index in [2.05, 4.69) is 12.6 Å². The van der Waals surface area contributed by atoms with Crippen LogP contribution in [0.5, 0.6) is 23.0 Å². The van der Waals surface area contributed by atoms with E-state index in [-0.39, 0.29) is 32.8 Å². The highest BCUT2D eigenvalue weighted by Gasteiger charge is 2.31. The lowest BCUT2D eigenvalue weighted by Gasteiger charge is -2.27. The Morgan fingerprint density at radius 1 is 1.13 bits per heavy atom. The smallest absolute Gasteiger partial charge is 0.343 e. The number of rotatable bonds is 10. The highest BCUT2D eigenvalue weighted by molar-refractivity contribution is 6.37. The Labute approximate surface area is 236 Å². The standard InChI is InChI=1S/C30H26Cl2N2O5/c1-3-5-12-37-28-24(31)14-19(15-25(28)32)30(35)38-21-9-10-22-26(16-21)39-29(34)23(17-33)27(22)18-7-6-8-20(13-18)36-11-4-2/h4,6-10,13-16,27H,2-3,5,11-12,34H2,1H3. The van der Waals surface area contributed by atoms with E-state index in [9.17, 15) is 10.1 Å². The Bertz CT molecular complexity index is 1460. The molecule has 0 aromatic heterocycles. The van der Waals surface area contributed by atoms with E-state index in [1.807, 2.05) is 31.2 Å². The Balaban J connectivity index is 1.60. The van der Waals surface area contributed by atoms with E-state index in [1.54, 1.807) is 24.3 Å². The number of ether oxygens (including phenoxy) is 4. The van der Waals surface area contributed by atoms with E-state index in [1.165, 1.54) is 12.1 Å². The topological polar surface area (TPSA) is 104 Å². The molecule has 0 spiro atoms. The monoisotopic (exact) mass is 564 g/mol. The number of unbranched alkanes of at least 4 members (excludes halogenated alkanes) is 1. The van der Waals surface area contributed by atoms with Gasteiger partial charge in [-0.05, 0) is 42.3 Å². The molecule has 2 N–H and O–H groups in total. The molecule has 1 unspecified atom stereocenters. The van der Waals surface area contributed by atoms with Crippen molar-refractivity contribution in [1.82, 2.24) is 0 Å². The van der Waals surface area contributed by atoms with Crippen LogP contribution in [0.1, 0.15) is 47.2 Å². The summed E-state index contributed by atoms with van der Waals surface area (Å²) >= 11 is 12.6. The molecule has 7 nitrogen and oxygen atoms in total. The van der Waals surface area contributed by atoms with Crippen molar-refractivity contribution in [3.05, 3.63) is 105 Å². The third-order valence-corrected chi connectivity index (χ3v) is 6.50. The number of fused-ring (bicyclic) bond motifs is 1. The molecule has 1 heterocycles. The maximum Gasteiger partial charge on any atom is 0.343 e. The maximum atomic E-state index is 12.9. The first kappa shape index (κ1) is 27.9. The second kappa shape index (κ2) is 12.6. The number of benzene rings is 3. The van der Waals surface area contributed by atoms with Crippen LogP contribution in [-0.4, -0.2) is 19.2 Å². The first-order valence-electron chi connectivity index (χ1n) is 12.3. The van der Waals surface area contributed by atoms with Crippen molar-refractivity contribution >= 4 is 29.2 Å². The molecule has 0 amide bonds. The van der Waals surface area contributed by atoms with Crippen LogP contribution in [0.25, 0.3) is 0 Å². The molecule has 1 aliphatic heterocycles. The van der Waals surface area contributed by atoms with Crippen molar-refractivity contribution < 1.29 is 23.7 Å². The molecule has 39 heavy (non-hydrogen) atoms. The van der Waals surface area contributed by atoms with Crippen molar-refractivity contribution in [2.75, 3.05) is 13.2 Å². The van der Waals surface area contributed by atoms with Gasteiger partial charge in [-0.15, -0.1) is 0 Å². The number of nitriles is 1. The lowest BCUT2D eigenvalue weighted by molar-refractivity contribution is 0.0734. The van der Waals surface area contributed by atoms with Crippen LogP contribution < -0.4 is 24.7 Å². The van der Waals surface area contributed by atoms with Crippen LogP contribution in [-0.2, 0) is 0 Å². The minimum absolute atomic E-state index is 0.0342. The van der Waals surface area contributed by atoms with Gasteiger partial charge in [0, 0.05) is 11.6 Å². The van der Waals surface area contributed by atoms with Crippen LogP contribution >= 0.6 is 23.2 Å². The molecule has 0 saturated carbocycles. The zero-order chi connectivity index (χ0) is 27.9. The Hall–Kier alpha value is -4.12. The van der Waals surface area contributed by atoms with Crippen molar-refractivity contribution in [1.29, 1.82) is 5.26 Å². The summed E-state index contributed by atoms with van der Waals surface area (Å²) in [6.45, 7) is 6.52. The van der Waals surface area contributed by atoms with Gasteiger partial charge in [-0.2, -0.15) is 5.26 Å². The van der Waals surface area contributed by atoms with Crippen molar-refractivity contribution in [3.63, 3.8) is 0 Å². The first-order valence-corrected chi connectivity index (χ1v) is 13.0. The van der Waals surface area contributed by atoms with Gasteiger partial charge in [0.1, 0.15) is 35.5 Å². The third-order valence-electron chi connectivity index (χ3n) is 5.94. The fraction of sp³-hybridized carbons (Fsp3) is 0.200. The molecule has 1 aliphatic rings. The molecular weight excluding hydrogens is 539 g/mol. The molecule has 0 saturated heterocycles. The minimum atomic E-state index is -0.667. The summed E-state index contributed by atoms with van der Waals surface area (Å²) in [6.07, 6.45) is 3.46. The largest absolute Gasteiger partial charge is 0.490 e. The zero-order valence-corrected chi connectivity index (χ0v) is 22.7. The van der Waals surface area contributed by atoms with Gasteiger partial charge in [0.25, 0.3) is 0 Å². The molecular formula is C30H26Cl2N2O5. The average molecular weight is 565 g/mol. The molecule has 1 atom stereocenters. The van der Waals surface area contributed by atoms with E-state index < -0.39 is 11.9 Å². The predicted molar refractivity (Wildman–Crippen MR) is 150 cm³/mol. The summed E-state index contributed by atoms with van der Waals surface area (Å²) in [5.41, 5.74) is 8.02. The quantitative estimate of drug-likeness (QED) is 0.120. The molecule has 4 rings (SSSR count). The molecule has 200 valence electrons. The second-order valence-electron chi connectivity index (χ2n) is 8.66. The summed E-state index contributed by atoms with van der Waals surface area (Å²) in [5, 5.41) is 10.3. The van der Waals surface area contributed by atoms with Crippen LogP contribution in [0.15, 0.2) is 78.7 Å². The number of carbonyl (C=O) groups excluding carboxylic acids is 1. The Morgan fingerprint density at radius 2 is 1.90 bits per heavy atom. The number of hydrogen-bond donors (Lipinski definition) is 1. The summed E-state index contributed by atoms with van der Waals surface area (Å²) in [7, 11) is 0. The number of nitrogens with two attached hydrogens (primary N) is 1. The zero-order valence-electron chi connectivity index (χ0n) is 21.2. The molecule has 3 aromatic carbocycles. The van der Waals surface area contributed by atoms with Gasteiger partial charge in [0.15, 0.2) is 5.75 Å². The fourth-order valence-corrected chi connectivity index (χ4v) is 4.68. The number of nitrogens with zero attached hydrogens (tertiary/aromatic N) is 1. The lowest BCUT2D eigenvalue weighted by atomic mass is 9.83. The van der Waals surface area contributed by atoms with Crippen LogP contribution in [0.2, 0.25) is 10.0 Å². The lowest BCUT2D eigenvalue weighted by Crippen LogP contribution is -2.21. The summed E-state index contributed by atoms with van der Waals surface area (Å²) in [6, 6.07) is 17.3. The van der Waals surface area contributed by atoms with Crippen LogP contribution in [0.3, 0.4) is 0 Å². The van der Waals surface area contributed by atoms with Gasteiger partial charge >= 0.3 is 5.97 Å². The van der Waals surface area contributed by atoms with Crippen molar-refractivity contribution in [2.24, 2.45) is 5.73 Å². The summed E-state index contributed by atoms with van der Waals surface area (Å²) < 4.78 is 22.6. The average Bonchev–Trinajstić information content (AvgIpc) is 2.92. The number of halogens is 2. The van der Waals surface area contributed by atoms with Gasteiger partial charge in [0.2, 0.25) is 5.88 Å². The number of carbonyl (C=O) groups is 1. The van der Waals surface area contributed by atoms with Crippen LogP contribution in [0.4, 0.5) is 0 Å². The van der Waals surface area contributed by atoms with E-state index in [0.29, 0.717) is 36.0 Å². The van der Waals surface area contributed by atoms with Gasteiger partial charge < -0.3 is 24.7 Å². The molecule has 3 aromatic rings. The van der Waals surface area contributed by atoms with E-state index >= 15 is 0 Å². The molecule has 9 heteroatoms. The SMILES string of the molecule is C=CCOc1cccc(C2C(C#N)=C(N)Oc3cc(OC(=O)c4cc(Cl)c(OCCCC)c(Cl)c4)ccc32)c1. The van der Waals surface area contributed by atoms with Crippen molar-refractivity contribution in [2.45, 2.75) is 25.7 Å². The normalized spacial score (nSPS) is 14.1.